The first-order valence-electron chi connectivity index (χ1n) is 29.8. The van der Waals surface area contributed by atoms with Crippen molar-refractivity contribution in [1.29, 1.82) is 0 Å². The molecular formula is C85H52O3. The third kappa shape index (κ3) is 9.37. The van der Waals surface area contributed by atoms with E-state index in [1.165, 1.54) is 55.6 Å². The standard InChI is InChI=1S/C85H52O3/c86-74-33-40-82-67(51-74)48-64-44-59(22-37-79(64)82)10-6-55-15-27-71(28-16-55)85(70-25-13-54(14-26-70)5-9-58-21-36-78-63(43-58)47-62-3-1-2-4-77(62)78,72-29-17-56(18-30-72)7-11-60-23-38-80-65(45-60)49-68-52-75(87)34-41-83(68)80)73-31-19-57(20-32-73)8-12-61-24-39-81-66(46-61)50-69-53-76(88)35-42-84(69)81/h1-4,13-46,51-53,86-88H,47-50H2. The molecule has 410 valence electrons. The van der Waals surface area contributed by atoms with Crippen molar-refractivity contribution in [2.24, 2.45) is 0 Å². The van der Waals surface area contributed by atoms with Gasteiger partial charge < -0.3 is 15.3 Å². The smallest absolute Gasteiger partial charge is 0.115 e. The van der Waals surface area contributed by atoms with Crippen LogP contribution in [0.1, 0.15) is 111 Å². The molecule has 16 rings (SSSR count). The molecule has 3 N–H and O–H groups in total. The fourth-order valence-corrected chi connectivity index (χ4v) is 13.8. The van der Waals surface area contributed by atoms with Crippen LogP contribution in [0.15, 0.2) is 249 Å². The summed E-state index contributed by atoms with van der Waals surface area (Å²) in [5, 5.41) is 30.6. The van der Waals surface area contributed by atoms with E-state index < -0.39 is 5.41 Å². The van der Waals surface area contributed by atoms with Crippen LogP contribution in [0.5, 0.6) is 17.2 Å². The zero-order valence-corrected chi connectivity index (χ0v) is 47.8. The predicted octanol–water partition coefficient (Wildman–Crippen LogP) is 17.1. The highest BCUT2D eigenvalue weighted by Crippen LogP contribution is 2.47. The summed E-state index contributed by atoms with van der Waals surface area (Å²) in [7, 11) is 0. The summed E-state index contributed by atoms with van der Waals surface area (Å²) in [6.07, 6.45) is 3.21. The Balaban J connectivity index is 0.778. The second kappa shape index (κ2) is 21.1. The molecule has 12 aromatic rings. The molecule has 0 bridgehead atoms. The summed E-state index contributed by atoms with van der Waals surface area (Å²) < 4.78 is 0. The maximum absolute atomic E-state index is 10.2. The lowest BCUT2D eigenvalue weighted by molar-refractivity contribution is 0.474. The second-order valence-electron chi connectivity index (χ2n) is 23.4. The maximum atomic E-state index is 10.2. The fraction of sp³-hybridized carbons (Fsp3) is 0.0588. The van der Waals surface area contributed by atoms with Crippen LogP contribution >= 0.6 is 0 Å². The molecule has 3 nitrogen and oxygen atoms in total. The van der Waals surface area contributed by atoms with Crippen LogP contribution in [0.25, 0.3) is 44.5 Å². The number of aromatic hydroxyl groups is 3. The van der Waals surface area contributed by atoms with Gasteiger partial charge in [-0.1, -0.05) is 163 Å². The van der Waals surface area contributed by atoms with Gasteiger partial charge in [0.2, 0.25) is 0 Å². The van der Waals surface area contributed by atoms with E-state index in [0.29, 0.717) is 0 Å². The van der Waals surface area contributed by atoms with Crippen molar-refractivity contribution in [3.05, 3.63) is 360 Å². The SMILES string of the molecule is Oc1ccc2c(c1)Cc1cc(C#Cc3ccc(C(c4ccc(C#Cc5ccc6c(c5)Cc5ccccc5-6)cc4)(c4ccc(C#Cc5ccc6c(c5)Cc5cc(O)ccc5-6)cc4)c4ccc(C#Cc5ccc6c(c5)Cc5cc(O)ccc5-6)cc4)cc3)ccc1-2. The number of phenols is 3. The van der Waals surface area contributed by atoms with Crippen LogP contribution in [0.2, 0.25) is 0 Å². The summed E-state index contributed by atoms with van der Waals surface area (Å²) in [6, 6.07) is 86.2. The fourth-order valence-electron chi connectivity index (χ4n) is 13.8. The molecule has 3 heteroatoms. The van der Waals surface area contributed by atoms with Crippen LogP contribution in [-0.4, -0.2) is 15.3 Å². The van der Waals surface area contributed by atoms with Crippen molar-refractivity contribution in [2.45, 2.75) is 31.1 Å². The molecular weight excluding hydrogens is 1070 g/mol. The molecule has 0 radical (unpaired) electrons. The summed E-state index contributed by atoms with van der Waals surface area (Å²) in [5.74, 6) is 28.7. The third-order valence-corrected chi connectivity index (χ3v) is 18.1. The predicted molar refractivity (Wildman–Crippen MR) is 352 cm³/mol. The Morgan fingerprint density at radius 3 is 0.716 bits per heavy atom. The maximum Gasteiger partial charge on any atom is 0.115 e. The molecule has 0 amide bonds. The molecule has 0 fully saturated rings. The molecule has 0 saturated heterocycles. The largest absolute Gasteiger partial charge is 0.508 e. The van der Waals surface area contributed by atoms with Gasteiger partial charge in [0, 0.05) is 44.5 Å². The highest BCUT2D eigenvalue weighted by Gasteiger charge is 2.39. The highest BCUT2D eigenvalue weighted by atomic mass is 16.3. The van der Waals surface area contributed by atoms with Crippen molar-refractivity contribution in [2.75, 3.05) is 0 Å². The topological polar surface area (TPSA) is 60.7 Å². The van der Waals surface area contributed by atoms with Gasteiger partial charge in [-0.15, -0.1) is 0 Å². The van der Waals surface area contributed by atoms with Gasteiger partial charge in [0.25, 0.3) is 0 Å². The highest BCUT2D eigenvalue weighted by molar-refractivity contribution is 5.82. The van der Waals surface area contributed by atoms with Crippen LogP contribution in [0, 0.1) is 47.4 Å². The Hall–Kier alpha value is -11.7. The quantitative estimate of drug-likeness (QED) is 0.122. The first-order valence-corrected chi connectivity index (χ1v) is 29.8. The minimum absolute atomic E-state index is 0.284. The van der Waals surface area contributed by atoms with Crippen LogP contribution < -0.4 is 0 Å². The van der Waals surface area contributed by atoms with E-state index in [1.807, 2.05) is 36.4 Å². The van der Waals surface area contributed by atoms with Crippen molar-refractivity contribution in [3.8, 4) is 109 Å². The van der Waals surface area contributed by atoms with Gasteiger partial charge in [0.15, 0.2) is 0 Å². The number of hydrogen-bond donors (Lipinski definition) is 3. The van der Waals surface area contributed by atoms with Gasteiger partial charge >= 0.3 is 0 Å². The van der Waals surface area contributed by atoms with Gasteiger partial charge in [-0.25, -0.2) is 0 Å². The van der Waals surface area contributed by atoms with Gasteiger partial charge in [-0.2, -0.15) is 0 Å². The number of benzene rings is 12. The minimum atomic E-state index is -0.832. The molecule has 88 heavy (non-hydrogen) atoms. The van der Waals surface area contributed by atoms with Gasteiger partial charge in [-0.05, 0) is 270 Å². The van der Waals surface area contributed by atoms with Gasteiger partial charge in [0.05, 0.1) is 5.41 Å². The first-order chi connectivity index (χ1) is 43.2. The molecule has 12 aromatic carbocycles. The zero-order chi connectivity index (χ0) is 58.9. The summed E-state index contributed by atoms with van der Waals surface area (Å²) >= 11 is 0. The summed E-state index contributed by atoms with van der Waals surface area (Å²) in [6.45, 7) is 0. The molecule has 0 aliphatic heterocycles. The van der Waals surface area contributed by atoms with Crippen LogP contribution in [0.4, 0.5) is 0 Å². The first kappa shape index (κ1) is 51.9. The number of rotatable bonds is 4. The molecule has 0 unspecified atom stereocenters. The van der Waals surface area contributed by atoms with E-state index >= 15 is 0 Å². The van der Waals surface area contributed by atoms with E-state index in [-0.39, 0.29) is 17.2 Å². The average molecular weight is 1120 g/mol. The molecule has 0 spiro atoms. The van der Waals surface area contributed by atoms with Crippen LogP contribution in [-0.2, 0) is 31.1 Å². The Morgan fingerprint density at radius 2 is 0.420 bits per heavy atom. The van der Waals surface area contributed by atoms with Crippen LogP contribution in [0.3, 0.4) is 0 Å². The normalized spacial score (nSPS) is 12.1. The molecule has 0 atom stereocenters. The second-order valence-corrected chi connectivity index (χ2v) is 23.4. The van der Waals surface area contributed by atoms with E-state index in [4.69, 9.17) is 0 Å². The number of hydrogen-bond acceptors (Lipinski definition) is 3. The lowest BCUT2D eigenvalue weighted by Crippen LogP contribution is -2.31. The van der Waals surface area contributed by atoms with E-state index in [9.17, 15) is 15.3 Å². The monoisotopic (exact) mass is 1120 g/mol. The van der Waals surface area contributed by atoms with Gasteiger partial charge in [0.1, 0.15) is 17.2 Å². The van der Waals surface area contributed by atoms with Crippen molar-refractivity contribution >= 4 is 0 Å². The summed E-state index contributed by atoms with van der Waals surface area (Å²) in [4.78, 5) is 0. The Bertz CT molecular complexity index is 4770. The Kier molecular flexibility index (Phi) is 12.4. The van der Waals surface area contributed by atoms with E-state index in [0.717, 1.165) is 126 Å². The van der Waals surface area contributed by atoms with Crippen molar-refractivity contribution in [3.63, 3.8) is 0 Å². The Morgan fingerprint density at radius 1 is 0.205 bits per heavy atom. The lowest BCUT2D eigenvalue weighted by Gasteiger charge is -2.37. The zero-order valence-electron chi connectivity index (χ0n) is 47.8. The number of fused-ring (bicyclic) bond motifs is 12. The van der Waals surface area contributed by atoms with Crippen molar-refractivity contribution in [1.82, 2.24) is 0 Å². The molecule has 4 aliphatic rings. The van der Waals surface area contributed by atoms with Gasteiger partial charge in [-0.3, -0.25) is 0 Å². The minimum Gasteiger partial charge on any atom is -0.508 e. The average Bonchev–Trinajstić information content (AvgIpc) is 1.37. The molecule has 0 aromatic heterocycles. The third-order valence-electron chi connectivity index (χ3n) is 18.1. The lowest BCUT2D eigenvalue weighted by atomic mass is 9.65. The molecule has 4 aliphatic carbocycles. The van der Waals surface area contributed by atoms with E-state index in [2.05, 4.69) is 241 Å². The molecule has 0 heterocycles. The Labute approximate surface area is 512 Å². The summed E-state index contributed by atoms with van der Waals surface area (Å²) in [5.41, 5.74) is 30.2. The van der Waals surface area contributed by atoms with Crippen molar-refractivity contribution < 1.29 is 15.3 Å². The number of phenolic OH excluding ortho intramolecular Hbond substituents is 3. The molecule has 0 saturated carbocycles. The van der Waals surface area contributed by atoms with E-state index in [1.54, 1.807) is 18.2 Å².